The van der Waals surface area contributed by atoms with E-state index in [1.807, 2.05) is 39.8 Å². The summed E-state index contributed by atoms with van der Waals surface area (Å²) in [6.07, 6.45) is 5.23. The Morgan fingerprint density at radius 1 is 1.30 bits per heavy atom. The van der Waals surface area contributed by atoms with Crippen LogP contribution in [0.1, 0.15) is 67.7 Å². The molecule has 6 atom stereocenters. The molecule has 3 aliphatic rings. The predicted octanol–water partition coefficient (Wildman–Crippen LogP) is 3.83. The van der Waals surface area contributed by atoms with Gasteiger partial charge in [-0.25, -0.2) is 0 Å². The van der Waals surface area contributed by atoms with Crippen LogP contribution in [0.5, 0.6) is 0 Å². The molecule has 168 valence electrons. The molecule has 0 aromatic rings. The summed E-state index contributed by atoms with van der Waals surface area (Å²) in [6.45, 7) is 13.7. The first kappa shape index (κ1) is 23.2. The van der Waals surface area contributed by atoms with E-state index in [1.54, 1.807) is 0 Å². The zero-order valence-corrected chi connectivity index (χ0v) is 19.5. The number of esters is 1. The fourth-order valence-corrected chi connectivity index (χ4v) is 5.81. The van der Waals surface area contributed by atoms with Crippen LogP contribution in [-0.4, -0.2) is 39.8 Å². The molecule has 5 nitrogen and oxygen atoms in total. The number of hydrogen-bond donors (Lipinski definition) is 2. The van der Waals surface area contributed by atoms with E-state index in [-0.39, 0.29) is 53.4 Å². The van der Waals surface area contributed by atoms with Gasteiger partial charge in [-0.1, -0.05) is 53.7 Å². The molecule has 0 bridgehead atoms. The molecule has 2 N–H and O–H groups in total. The minimum absolute atomic E-state index is 0.0629. The van der Waals surface area contributed by atoms with E-state index in [9.17, 15) is 19.8 Å². The molecule has 3 rings (SSSR count). The summed E-state index contributed by atoms with van der Waals surface area (Å²) in [5, 5.41) is 21.7. The first-order valence-corrected chi connectivity index (χ1v) is 11.3. The van der Waals surface area contributed by atoms with Crippen molar-refractivity contribution in [3.63, 3.8) is 0 Å². The molecule has 0 aliphatic heterocycles. The van der Waals surface area contributed by atoms with Crippen LogP contribution in [0.25, 0.3) is 0 Å². The number of aliphatic hydroxyl groups is 2. The first-order valence-electron chi connectivity index (χ1n) is 11.3. The van der Waals surface area contributed by atoms with Crippen molar-refractivity contribution in [2.75, 3.05) is 6.61 Å². The summed E-state index contributed by atoms with van der Waals surface area (Å²) in [5.41, 5.74) is -0.419. The van der Waals surface area contributed by atoms with Crippen LogP contribution in [-0.2, 0) is 14.3 Å². The van der Waals surface area contributed by atoms with E-state index in [1.165, 1.54) is 0 Å². The number of ketones is 1. The van der Waals surface area contributed by atoms with Crippen molar-refractivity contribution < 1.29 is 24.5 Å². The number of carbonyl (C=O) groups is 2. The Bertz CT molecular complexity index is 791. The van der Waals surface area contributed by atoms with Crippen LogP contribution in [0.15, 0.2) is 23.3 Å². The molecular formula is C25H38O5. The van der Waals surface area contributed by atoms with Crippen LogP contribution in [0.3, 0.4) is 0 Å². The number of allylic oxidation sites excluding steroid dienone is 1. The third-order valence-electron chi connectivity index (χ3n) is 8.57. The highest BCUT2D eigenvalue weighted by atomic mass is 16.6. The number of ether oxygens (including phenoxy) is 1. The van der Waals surface area contributed by atoms with E-state index in [0.29, 0.717) is 24.8 Å². The van der Waals surface area contributed by atoms with Crippen molar-refractivity contribution in [3.05, 3.63) is 23.3 Å². The molecule has 0 amide bonds. The fourth-order valence-electron chi connectivity index (χ4n) is 5.81. The summed E-state index contributed by atoms with van der Waals surface area (Å²) in [6, 6.07) is 0. The smallest absolute Gasteiger partial charge is 0.308 e. The van der Waals surface area contributed by atoms with E-state index >= 15 is 0 Å². The lowest BCUT2D eigenvalue weighted by Gasteiger charge is -2.41. The molecule has 0 aromatic heterocycles. The summed E-state index contributed by atoms with van der Waals surface area (Å²) < 4.78 is 6.08. The molecule has 1 fully saturated rings. The van der Waals surface area contributed by atoms with Crippen molar-refractivity contribution in [1.82, 2.24) is 0 Å². The van der Waals surface area contributed by atoms with Gasteiger partial charge in [-0.15, -0.1) is 0 Å². The average molecular weight is 419 g/mol. The van der Waals surface area contributed by atoms with Crippen LogP contribution in [0.2, 0.25) is 0 Å². The minimum atomic E-state index is -1.13. The molecule has 0 heterocycles. The third kappa shape index (κ3) is 3.38. The maximum Gasteiger partial charge on any atom is 0.308 e. The standard InChI is InChI=1S/C25H38O5/c1-14(2)22(28)30-25(17(5)23(25,6)7)12-16(4)24(29)9-8-18(13-26)11-19-20(24)10-15(3)21(19)27/h8,10,14,16-17,19-20,26,29H,9,11-13H2,1-7H3/t16-,17-,19+,20-,24+,25+/m1/s1. The number of Topliss-reactive ketones (excluding diaryl/α,β-unsaturated/α-hetero) is 1. The first-order chi connectivity index (χ1) is 13.8. The maximum atomic E-state index is 12.8. The van der Waals surface area contributed by atoms with Crippen molar-refractivity contribution in [2.24, 2.45) is 35.0 Å². The number of rotatable bonds is 6. The van der Waals surface area contributed by atoms with Gasteiger partial charge in [0, 0.05) is 23.2 Å². The fraction of sp³-hybridized carbons (Fsp3) is 0.760. The quantitative estimate of drug-likeness (QED) is 0.506. The Morgan fingerprint density at radius 3 is 2.40 bits per heavy atom. The average Bonchev–Trinajstić information content (AvgIpc) is 2.98. The van der Waals surface area contributed by atoms with Crippen molar-refractivity contribution >= 4 is 11.8 Å². The number of fused-ring (bicyclic) bond motifs is 1. The number of carbonyl (C=O) groups excluding carboxylic acids is 2. The zero-order valence-electron chi connectivity index (χ0n) is 19.5. The highest BCUT2D eigenvalue weighted by molar-refractivity contribution is 5.99. The van der Waals surface area contributed by atoms with Gasteiger partial charge < -0.3 is 14.9 Å². The topological polar surface area (TPSA) is 83.8 Å². The molecule has 0 saturated heterocycles. The second-order valence-electron chi connectivity index (χ2n) is 10.8. The van der Waals surface area contributed by atoms with Crippen LogP contribution >= 0.6 is 0 Å². The molecule has 5 heteroatoms. The van der Waals surface area contributed by atoms with Crippen molar-refractivity contribution in [2.45, 2.75) is 78.9 Å². The van der Waals surface area contributed by atoms with Crippen LogP contribution < -0.4 is 0 Å². The third-order valence-corrected chi connectivity index (χ3v) is 8.57. The highest BCUT2D eigenvalue weighted by Crippen LogP contribution is 2.67. The maximum absolute atomic E-state index is 12.8. The monoisotopic (exact) mass is 418 g/mol. The van der Waals surface area contributed by atoms with Gasteiger partial charge >= 0.3 is 5.97 Å². The second kappa shape index (κ2) is 7.59. The molecule has 1 saturated carbocycles. The molecule has 0 unspecified atom stereocenters. The van der Waals surface area contributed by atoms with Crippen LogP contribution in [0, 0.1) is 35.0 Å². The Kier molecular flexibility index (Phi) is 5.88. The molecule has 0 spiro atoms. The van der Waals surface area contributed by atoms with Crippen LogP contribution in [0.4, 0.5) is 0 Å². The van der Waals surface area contributed by atoms with Gasteiger partial charge in [0.2, 0.25) is 0 Å². The van der Waals surface area contributed by atoms with Crippen molar-refractivity contribution in [1.29, 1.82) is 0 Å². The normalized spacial score (nSPS) is 38.5. The summed E-state index contributed by atoms with van der Waals surface area (Å²) in [5.74, 6) is -0.996. The van der Waals surface area contributed by atoms with Gasteiger partial charge in [0.05, 0.1) is 18.1 Å². The van der Waals surface area contributed by atoms with Gasteiger partial charge in [0.25, 0.3) is 0 Å². The molecule has 0 aromatic carbocycles. The Morgan fingerprint density at radius 2 is 1.90 bits per heavy atom. The van der Waals surface area contributed by atoms with E-state index < -0.39 is 11.2 Å². The summed E-state index contributed by atoms with van der Waals surface area (Å²) in [4.78, 5) is 25.3. The van der Waals surface area contributed by atoms with E-state index in [2.05, 4.69) is 20.8 Å². The Balaban J connectivity index is 1.93. The number of aliphatic hydroxyl groups excluding tert-OH is 1. The Hall–Kier alpha value is -1.46. The lowest BCUT2D eigenvalue weighted by atomic mass is 9.69. The highest BCUT2D eigenvalue weighted by Gasteiger charge is 2.72. The van der Waals surface area contributed by atoms with E-state index in [4.69, 9.17) is 4.74 Å². The Labute approximate surface area is 180 Å². The molecule has 30 heavy (non-hydrogen) atoms. The molecule has 3 aliphatic carbocycles. The minimum Gasteiger partial charge on any atom is -0.458 e. The summed E-state index contributed by atoms with van der Waals surface area (Å²) in [7, 11) is 0. The molecule has 0 radical (unpaired) electrons. The number of hydrogen-bond acceptors (Lipinski definition) is 5. The van der Waals surface area contributed by atoms with Gasteiger partial charge in [-0.05, 0) is 43.3 Å². The SMILES string of the molecule is CC1=C[C@@H]2[C@H](CC(CO)=CC[C@]2(O)[C@H](C)C[C@]2(OC(=O)C(C)C)[C@H](C)C2(C)C)C1=O. The summed E-state index contributed by atoms with van der Waals surface area (Å²) >= 11 is 0. The predicted molar refractivity (Wildman–Crippen MR) is 115 cm³/mol. The lowest BCUT2D eigenvalue weighted by Crippen LogP contribution is -2.47. The van der Waals surface area contributed by atoms with Crippen molar-refractivity contribution in [3.8, 4) is 0 Å². The van der Waals surface area contributed by atoms with Gasteiger partial charge in [-0.2, -0.15) is 0 Å². The lowest BCUT2D eigenvalue weighted by molar-refractivity contribution is -0.162. The van der Waals surface area contributed by atoms with Gasteiger partial charge in [0.1, 0.15) is 5.60 Å². The zero-order chi connectivity index (χ0) is 22.6. The van der Waals surface area contributed by atoms with Gasteiger partial charge in [-0.3, -0.25) is 9.59 Å². The van der Waals surface area contributed by atoms with E-state index in [0.717, 1.165) is 5.57 Å². The largest absolute Gasteiger partial charge is 0.458 e. The van der Waals surface area contributed by atoms with Gasteiger partial charge in [0.15, 0.2) is 5.78 Å². The second-order valence-corrected chi connectivity index (χ2v) is 10.8. The molecular weight excluding hydrogens is 380 g/mol.